The van der Waals surface area contributed by atoms with Crippen LogP contribution in [-0.2, 0) is 4.79 Å². The number of hydrogen-bond acceptors (Lipinski definition) is 2. The molecule has 0 heterocycles. The van der Waals surface area contributed by atoms with Crippen molar-refractivity contribution in [3.8, 4) is 0 Å². The van der Waals surface area contributed by atoms with Crippen LogP contribution in [-0.4, -0.2) is 17.1 Å². The van der Waals surface area contributed by atoms with Gasteiger partial charge in [0.05, 0.1) is 12.5 Å². The Balaban J connectivity index is 2.09. The van der Waals surface area contributed by atoms with E-state index in [-0.39, 0.29) is 6.42 Å². The number of aliphatic hydroxyl groups excluding tert-OH is 1. The minimum absolute atomic E-state index is 0.118. The van der Waals surface area contributed by atoms with E-state index in [1.807, 2.05) is 0 Å². The van der Waals surface area contributed by atoms with Gasteiger partial charge >= 0.3 is 0 Å². The lowest BCUT2D eigenvalue weighted by Gasteiger charge is -2.22. The quantitative estimate of drug-likeness (QED) is 0.706. The number of hydrogen-bond donors (Lipinski definition) is 2. The van der Waals surface area contributed by atoms with Gasteiger partial charge in [-0.2, -0.15) is 0 Å². The van der Waals surface area contributed by atoms with Crippen molar-refractivity contribution in [1.82, 2.24) is 0 Å². The maximum Gasteiger partial charge on any atom is 0.220 e. The Morgan fingerprint density at radius 2 is 2.00 bits per heavy atom. The Kier molecular flexibility index (Phi) is 4.94. The van der Waals surface area contributed by atoms with Crippen molar-refractivity contribution >= 4 is 5.91 Å². The van der Waals surface area contributed by atoms with Crippen molar-refractivity contribution in [2.75, 3.05) is 0 Å². The second kappa shape index (κ2) is 6.02. The number of carbonyl (C=O) groups excluding carboxylic acids is 1. The van der Waals surface area contributed by atoms with Gasteiger partial charge in [0.2, 0.25) is 5.91 Å². The molecule has 3 N–H and O–H groups in total. The van der Waals surface area contributed by atoms with E-state index in [2.05, 4.69) is 0 Å². The molecule has 1 amide bonds. The van der Waals surface area contributed by atoms with Gasteiger partial charge in [0.1, 0.15) is 0 Å². The number of primary amides is 1. The summed E-state index contributed by atoms with van der Waals surface area (Å²) in [5.41, 5.74) is 5.00. The third-order valence-corrected chi connectivity index (χ3v) is 3.07. The van der Waals surface area contributed by atoms with Gasteiger partial charge in [-0.15, -0.1) is 0 Å². The molecule has 1 atom stereocenters. The van der Waals surface area contributed by atoms with E-state index in [0.29, 0.717) is 0 Å². The topological polar surface area (TPSA) is 63.3 Å². The molecule has 1 saturated carbocycles. The number of nitrogens with two attached hydrogens (primary N) is 1. The zero-order valence-electron chi connectivity index (χ0n) is 8.74. The van der Waals surface area contributed by atoms with Crippen LogP contribution in [0, 0.1) is 5.92 Å². The van der Waals surface area contributed by atoms with E-state index in [1.54, 1.807) is 0 Å². The van der Waals surface area contributed by atoms with Gasteiger partial charge in [-0.25, -0.2) is 0 Å². The molecular formula is C11H21NO2. The molecule has 1 unspecified atom stereocenters. The summed E-state index contributed by atoms with van der Waals surface area (Å²) in [7, 11) is 0. The Morgan fingerprint density at radius 3 is 2.57 bits per heavy atom. The van der Waals surface area contributed by atoms with Crippen molar-refractivity contribution in [1.29, 1.82) is 0 Å². The van der Waals surface area contributed by atoms with Gasteiger partial charge in [0.15, 0.2) is 0 Å². The molecule has 3 nitrogen and oxygen atoms in total. The zero-order valence-corrected chi connectivity index (χ0v) is 8.74. The van der Waals surface area contributed by atoms with Gasteiger partial charge < -0.3 is 10.8 Å². The van der Waals surface area contributed by atoms with Crippen LogP contribution in [0.5, 0.6) is 0 Å². The number of amides is 1. The van der Waals surface area contributed by atoms with Crippen LogP contribution >= 0.6 is 0 Å². The predicted molar refractivity (Wildman–Crippen MR) is 55.6 cm³/mol. The van der Waals surface area contributed by atoms with Gasteiger partial charge in [-0.05, 0) is 18.8 Å². The van der Waals surface area contributed by atoms with Crippen LogP contribution in [0.15, 0.2) is 0 Å². The summed E-state index contributed by atoms with van der Waals surface area (Å²) in [4.78, 5) is 10.5. The fourth-order valence-corrected chi connectivity index (χ4v) is 2.24. The number of aliphatic hydroxyl groups is 1. The summed E-state index contributed by atoms with van der Waals surface area (Å²) >= 11 is 0. The molecule has 82 valence electrons. The highest BCUT2D eigenvalue weighted by molar-refractivity contribution is 5.74. The molecule has 1 fully saturated rings. The van der Waals surface area contributed by atoms with E-state index in [9.17, 15) is 9.90 Å². The molecule has 1 aliphatic carbocycles. The smallest absolute Gasteiger partial charge is 0.220 e. The molecule has 0 saturated heterocycles. The Labute approximate surface area is 85.7 Å². The van der Waals surface area contributed by atoms with Crippen LogP contribution in [0.25, 0.3) is 0 Å². The molecule has 1 aliphatic rings. The summed E-state index contributed by atoms with van der Waals surface area (Å²) in [6.07, 6.45) is 7.99. The molecule has 0 aromatic carbocycles. The molecule has 14 heavy (non-hydrogen) atoms. The molecule has 0 aromatic rings. The average Bonchev–Trinajstić information content (AvgIpc) is 2.15. The lowest BCUT2D eigenvalue weighted by Crippen LogP contribution is -2.20. The Bertz CT molecular complexity index is 176. The zero-order chi connectivity index (χ0) is 10.4. The van der Waals surface area contributed by atoms with Crippen LogP contribution < -0.4 is 5.73 Å². The van der Waals surface area contributed by atoms with Crippen molar-refractivity contribution in [2.45, 2.75) is 57.5 Å². The summed E-state index contributed by atoms with van der Waals surface area (Å²) in [5.74, 6) is 0.368. The van der Waals surface area contributed by atoms with Crippen molar-refractivity contribution in [2.24, 2.45) is 11.7 Å². The van der Waals surface area contributed by atoms with Crippen LogP contribution in [0.1, 0.15) is 51.4 Å². The first-order valence-corrected chi connectivity index (χ1v) is 5.65. The van der Waals surface area contributed by atoms with Crippen molar-refractivity contribution < 1.29 is 9.90 Å². The molecule has 0 aliphatic heterocycles. The molecule has 0 spiro atoms. The summed E-state index contributed by atoms with van der Waals surface area (Å²) in [5, 5.41) is 9.45. The van der Waals surface area contributed by atoms with E-state index in [1.165, 1.54) is 32.1 Å². The van der Waals surface area contributed by atoms with Gasteiger partial charge in [0, 0.05) is 0 Å². The van der Waals surface area contributed by atoms with E-state index < -0.39 is 12.0 Å². The summed E-state index contributed by atoms with van der Waals surface area (Å²) in [6, 6.07) is 0. The first kappa shape index (κ1) is 11.5. The maximum absolute atomic E-state index is 10.5. The molecular weight excluding hydrogens is 178 g/mol. The minimum Gasteiger partial charge on any atom is -0.393 e. The normalized spacial score (nSPS) is 20.6. The standard InChI is InChI=1S/C11H21NO2/c12-11(14)8-10(13)7-6-9-4-2-1-3-5-9/h9-10,13H,1-8H2,(H2,12,14). The second-order valence-electron chi connectivity index (χ2n) is 4.41. The van der Waals surface area contributed by atoms with Gasteiger partial charge in [0.25, 0.3) is 0 Å². The average molecular weight is 199 g/mol. The first-order valence-electron chi connectivity index (χ1n) is 5.65. The third kappa shape index (κ3) is 4.61. The molecule has 0 bridgehead atoms. The summed E-state index contributed by atoms with van der Waals surface area (Å²) in [6.45, 7) is 0. The lowest BCUT2D eigenvalue weighted by atomic mass is 9.85. The third-order valence-electron chi connectivity index (χ3n) is 3.07. The SMILES string of the molecule is NC(=O)CC(O)CCC1CCCCC1. The number of carbonyl (C=O) groups is 1. The minimum atomic E-state index is -0.519. The van der Waals surface area contributed by atoms with Crippen LogP contribution in [0.2, 0.25) is 0 Å². The van der Waals surface area contributed by atoms with E-state index in [0.717, 1.165) is 18.8 Å². The van der Waals surface area contributed by atoms with Crippen LogP contribution in [0.3, 0.4) is 0 Å². The van der Waals surface area contributed by atoms with Gasteiger partial charge in [-0.1, -0.05) is 32.1 Å². The van der Waals surface area contributed by atoms with Crippen LogP contribution in [0.4, 0.5) is 0 Å². The molecule has 1 rings (SSSR count). The fourth-order valence-electron chi connectivity index (χ4n) is 2.24. The second-order valence-corrected chi connectivity index (χ2v) is 4.41. The number of rotatable bonds is 5. The maximum atomic E-state index is 10.5. The highest BCUT2D eigenvalue weighted by atomic mass is 16.3. The van der Waals surface area contributed by atoms with E-state index in [4.69, 9.17) is 5.73 Å². The highest BCUT2D eigenvalue weighted by Crippen LogP contribution is 2.27. The molecule has 3 heteroatoms. The Morgan fingerprint density at radius 1 is 1.36 bits per heavy atom. The molecule has 0 aromatic heterocycles. The van der Waals surface area contributed by atoms with Crippen molar-refractivity contribution in [3.05, 3.63) is 0 Å². The van der Waals surface area contributed by atoms with Crippen molar-refractivity contribution in [3.63, 3.8) is 0 Å². The monoisotopic (exact) mass is 199 g/mol. The first-order chi connectivity index (χ1) is 6.68. The van der Waals surface area contributed by atoms with Gasteiger partial charge in [-0.3, -0.25) is 4.79 Å². The predicted octanol–water partition coefficient (Wildman–Crippen LogP) is 1.58. The lowest BCUT2D eigenvalue weighted by molar-refractivity contribution is -0.120. The largest absolute Gasteiger partial charge is 0.393 e. The molecule has 0 radical (unpaired) electrons. The van der Waals surface area contributed by atoms with E-state index >= 15 is 0 Å². The fraction of sp³-hybridized carbons (Fsp3) is 0.909. The summed E-state index contributed by atoms with van der Waals surface area (Å²) < 4.78 is 0. The Hall–Kier alpha value is -0.570. The highest BCUT2D eigenvalue weighted by Gasteiger charge is 2.15.